The second-order valence-corrected chi connectivity index (χ2v) is 9.38. The van der Waals surface area contributed by atoms with E-state index < -0.39 is 13.4 Å². The van der Waals surface area contributed by atoms with Gasteiger partial charge in [-0.05, 0) is 36.4 Å². The van der Waals surface area contributed by atoms with Crippen LogP contribution < -0.4 is 21.2 Å². The molecule has 0 radical (unpaired) electrons. The number of hydrogen-bond acceptors (Lipinski definition) is 2. The maximum atomic E-state index is 12.1. The summed E-state index contributed by atoms with van der Waals surface area (Å²) in [7, 11) is -1.07. The lowest BCUT2D eigenvalue weighted by Gasteiger charge is -2.28. The van der Waals surface area contributed by atoms with Gasteiger partial charge in [0.1, 0.15) is 15.9 Å². The van der Waals surface area contributed by atoms with Crippen molar-refractivity contribution in [3.8, 4) is 0 Å². The van der Waals surface area contributed by atoms with Crippen molar-refractivity contribution in [2.75, 3.05) is 7.11 Å². The van der Waals surface area contributed by atoms with Gasteiger partial charge in [-0.2, -0.15) is 0 Å². The van der Waals surface area contributed by atoms with Crippen LogP contribution in [-0.2, 0) is 4.74 Å². The Morgan fingerprint density at radius 3 is 1.48 bits per heavy atom. The van der Waals surface area contributed by atoms with Crippen LogP contribution in [0.25, 0.3) is 0 Å². The van der Waals surface area contributed by atoms with Gasteiger partial charge in [0.2, 0.25) is 0 Å². The molecule has 0 aliphatic rings. The topological polar surface area (TPSA) is 38.3 Å². The van der Waals surface area contributed by atoms with E-state index >= 15 is 0 Å². The highest BCUT2D eigenvalue weighted by molar-refractivity contribution is 7.99. The smallest absolute Gasteiger partial charge is 0.413 e. The Morgan fingerprint density at radius 2 is 1.19 bits per heavy atom. The fourth-order valence-electron chi connectivity index (χ4n) is 3.16. The molecule has 0 fully saturated rings. The van der Waals surface area contributed by atoms with Crippen LogP contribution in [0.5, 0.6) is 0 Å². The average molecular weight is 397 g/mol. The number of hydrogen-bond donors (Lipinski definition) is 1. The van der Waals surface area contributed by atoms with Crippen molar-refractivity contribution in [1.82, 2.24) is 5.32 Å². The molecule has 0 unspecified atom stereocenters. The van der Waals surface area contributed by atoms with E-state index in [0.29, 0.717) is 5.44 Å². The second-order valence-electron chi connectivity index (χ2n) is 5.79. The van der Waals surface area contributed by atoms with Gasteiger partial charge in [-0.1, -0.05) is 66.2 Å². The van der Waals surface area contributed by atoms with E-state index in [0.717, 1.165) is 15.9 Å². The van der Waals surface area contributed by atoms with E-state index in [-0.39, 0.29) is 0 Å². The van der Waals surface area contributed by atoms with Gasteiger partial charge in [0.15, 0.2) is 12.7 Å². The molecular weight excluding hydrogens is 377 g/mol. The molecule has 27 heavy (non-hydrogen) atoms. The number of alkyl carbamates (subject to hydrolysis) is 1. The maximum Gasteiger partial charge on any atom is 0.413 e. The number of benzene rings is 3. The third-order valence-electron chi connectivity index (χ3n) is 4.31. The fourth-order valence-corrected chi connectivity index (χ4v) is 7.65. The van der Waals surface area contributed by atoms with Gasteiger partial charge in [0, 0.05) is 0 Å². The number of ether oxygens (including phenoxy) is 1. The monoisotopic (exact) mass is 396 g/mol. The lowest BCUT2D eigenvalue weighted by molar-refractivity contribution is 0.175. The molecule has 0 aliphatic carbocycles. The molecular formula is C22H20ClNO2P+. The van der Waals surface area contributed by atoms with Gasteiger partial charge in [-0.15, -0.1) is 0 Å². The lowest BCUT2D eigenvalue weighted by Crippen LogP contribution is -2.38. The summed E-state index contributed by atoms with van der Waals surface area (Å²) in [6, 6.07) is 30.4. The van der Waals surface area contributed by atoms with Crippen molar-refractivity contribution in [1.29, 1.82) is 0 Å². The Kier molecular flexibility index (Phi) is 6.28. The summed E-state index contributed by atoms with van der Waals surface area (Å²) >= 11 is 6.30. The molecule has 1 amide bonds. The zero-order valence-electron chi connectivity index (χ0n) is 14.9. The molecule has 3 aromatic rings. The summed E-state index contributed by atoms with van der Waals surface area (Å²) in [6.07, 6.45) is -0.547. The molecule has 0 aliphatic heterocycles. The van der Waals surface area contributed by atoms with Crippen molar-refractivity contribution in [3.63, 3.8) is 0 Å². The Hall–Kier alpha value is -2.61. The van der Waals surface area contributed by atoms with Crippen LogP contribution in [0, 0.1) is 0 Å². The highest BCUT2D eigenvalue weighted by atomic mass is 35.5. The van der Waals surface area contributed by atoms with Crippen molar-refractivity contribution >= 4 is 40.9 Å². The number of nitrogens with one attached hydrogen (secondary N) is 1. The van der Waals surface area contributed by atoms with Gasteiger partial charge in [-0.25, -0.2) is 4.79 Å². The molecule has 0 atom stereocenters. The normalized spacial score (nSPS) is 11.7. The fraction of sp³-hybridized carbons (Fsp3) is 0.0455. The largest absolute Gasteiger partial charge is 0.453 e. The average Bonchev–Trinajstić information content (AvgIpc) is 2.75. The number of methoxy groups -OCH3 is 1. The predicted molar refractivity (Wildman–Crippen MR) is 115 cm³/mol. The molecule has 1 N–H and O–H groups in total. The highest BCUT2D eigenvalue weighted by Gasteiger charge is 2.50. The van der Waals surface area contributed by atoms with E-state index in [1.807, 2.05) is 54.6 Å². The molecule has 0 spiro atoms. The SMILES string of the molecule is COC(=O)NC(=CCl)[P+](c1ccccc1)(c1ccccc1)c1ccccc1. The summed E-state index contributed by atoms with van der Waals surface area (Å²) in [5, 5.41) is 6.14. The van der Waals surface area contributed by atoms with Gasteiger partial charge >= 0.3 is 6.09 Å². The third kappa shape index (κ3) is 3.75. The van der Waals surface area contributed by atoms with Crippen molar-refractivity contribution in [2.24, 2.45) is 0 Å². The lowest BCUT2D eigenvalue weighted by atomic mass is 10.4. The third-order valence-corrected chi connectivity index (χ3v) is 8.86. The first-order chi connectivity index (χ1) is 13.2. The Bertz CT molecular complexity index is 818. The van der Waals surface area contributed by atoms with Gasteiger partial charge in [-0.3, -0.25) is 5.32 Å². The second kappa shape index (κ2) is 8.85. The van der Waals surface area contributed by atoms with Crippen LogP contribution in [0.1, 0.15) is 0 Å². The van der Waals surface area contributed by atoms with Crippen LogP contribution >= 0.6 is 18.9 Å². The van der Waals surface area contributed by atoms with Crippen LogP contribution in [0.15, 0.2) is 102 Å². The number of rotatable bonds is 5. The van der Waals surface area contributed by atoms with E-state index in [4.69, 9.17) is 16.3 Å². The first kappa shape index (κ1) is 19.2. The van der Waals surface area contributed by atoms with Crippen LogP contribution in [0.4, 0.5) is 4.79 Å². The van der Waals surface area contributed by atoms with E-state index in [2.05, 4.69) is 41.7 Å². The Morgan fingerprint density at radius 1 is 0.815 bits per heavy atom. The first-order valence-corrected chi connectivity index (χ1v) is 10.7. The summed E-state index contributed by atoms with van der Waals surface area (Å²) in [6.45, 7) is 0. The summed E-state index contributed by atoms with van der Waals surface area (Å²) < 4.78 is 4.85. The van der Waals surface area contributed by atoms with Crippen LogP contribution in [0.3, 0.4) is 0 Å². The summed E-state index contributed by atoms with van der Waals surface area (Å²) in [5.74, 6) is 0. The highest BCUT2D eigenvalue weighted by Crippen LogP contribution is 2.61. The molecule has 136 valence electrons. The first-order valence-electron chi connectivity index (χ1n) is 8.45. The van der Waals surface area contributed by atoms with E-state index in [9.17, 15) is 4.79 Å². The molecule has 0 saturated heterocycles. The molecule has 0 saturated carbocycles. The number of halogens is 1. The quantitative estimate of drug-likeness (QED) is 0.650. The number of amides is 1. The van der Waals surface area contributed by atoms with Crippen LogP contribution in [0.2, 0.25) is 0 Å². The van der Waals surface area contributed by atoms with Gasteiger partial charge in [0.05, 0.1) is 12.6 Å². The standard InChI is InChI=1S/C22H19ClNO2P/c1-26-22(25)24-21(17-23)27(18-11-5-2-6-12-18,19-13-7-3-8-14-19)20-15-9-4-10-16-20/h2-17H,1H3/p+1. The molecule has 5 heteroatoms. The summed E-state index contributed by atoms with van der Waals surface area (Å²) in [5.41, 5.74) is 2.08. The number of carbonyl (C=O) groups excluding carboxylic acids is 1. The zero-order chi connectivity index (χ0) is 19.1. The minimum atomic E-state index is -2.41. The molecule has 0 heterocycles. The minimum Gasteiger partial charge on any atom is -0.453 e. The molecule has 3 rings (SSSR count). The zero-order valence-corrected chi connectivity index (χ0v) is 16.5. The van der Waals surface area contributed by atoms with Gasteiger partial charge < -0.3 is 4.74 Å². The van der Waals surface area contributed by atoms with Crippen LogP contribution in [-0.4, -0.2) is 13.2 Å². The van der Waals surface area contributed by atoms with Crippen molar-refractivity contribution in [2.45, 2.75) is 0 Å². The summed E-state index contributed by atoms with van der Waals surface area (Å²) in [4.78, 5) is 12.1. The van der Waals surface area contributed by atoms with Gasteiger partial charge in [0.25, 0.3) is 0 Å². The molecule has 3 aromatic carbocycles. The molecule has 3 nitrogen and oxygen atoms in total. The number of carbonyl (C=O) groups is 1. The van der Waals surface area contributed by atoms with Crippen molar-refractivity contribution in [3.05, 3.63) is 102 Å². The molecule has 0 aromatic heterocycles. The maximum absolute atomic E-state index is 12.1. The minimum absolute atomic E-state index is 0.547. The predicted octanol–water partition coefficient (Wildman–Crippen LogP) is 4.37. The molecule has 0 bridgehead atoms. The van der Waals surface area contributed by atoms with Crippen molar-refractivity contribution < 1.29 is 9.53 Å². The van der Waals surface area contributed by atoms with E-state index in [1.54, 1.807) is 0 Å². The Balaban J connectivity index is 2.37. The Labute approximate surface area is 165 Å². The van der Waals surface area contributed by atoms with E-state index in [1.165, 1.54) is 12.6 Å².